The molecule has 8 nitrogen and oxygen atoms in total. The fourth-order valence-corrected chi connectivity index (χ4v) is 5.06. The van der Waals surface area contributed by atoms with Gasteiger partial charge in [-0.2, -0.15) is 0 Å². The Bertz CT molecular complexity index is 1420. The van der Waals surface area contributed by atoms with E-state index in [-0.39, 0.29) is 29.1 Å². The lowest BCUT2D eigenvalue weighted by Gasteiger charge is -2.22. The van der Waals surface area contributed by atoms with Crippen LogP contribution in [0.5, 0.6) is 5.75 Å². The number of hydrogen-bond donors (Lipinski definition) is 3. The van der Waals surface area contributed by atoms with E-state index >= 15 is 0 Å². The highest BCUT2D eigenvalue weighted by molar-refractivity contribution is 5.96. The highest BCUT2D eigenvalue weighted by atomic mass is 16.6. The summed E-state index contributed by atoms with van der Waals surface area (Å²) in [7, 11) is 0. The van der Waals surface area contributed by atoms with Gasteiger partial charge in [-0.3, -0.25) is 4.79 Å². The number of ether oxygens (including phenoxy) is 1. The Morgan fingerprint density at radius 1 is 1.07 bits per heavy atom. The normalized spacial score (nSPS) is 15.4. The molecule has 1 aliphatic carbocycles. The molecule has 0 radical (unpaired) electrons. The van der Waals surface area contributed by atoms with Crippen LogP contribution in [0.3, 0.4) is 0 Å². The van der Waals surface area contributed by atoms with Gasteiger partial charge in [0.25, 0.3) is 0 Å². The zero-order valence-corrected chi connectivity index (χ0v) is 24.4. The Labute approximate surface area is 241 Å². The van der Waals surface area contributed by atoms with Gasteiger partial charge in [-0.1, -0.05) is 49.4 Å². The minimum atomic E-state index is -0.834. The number of anilines is 1. The second kappa shape index (κ2) is 12.6. The van der Waals surface area contributed by atoms with Crippen LogP contribution in [0.2, 0.25) is 0 Å². The second-order valence-electron chi connectivity index (χ2n) is 11.8. The molecule has 3 aromatic rings. The largest absolute Gasteiger partial charge is 0.507 e. The maximum Gasteiger partial charge on any atom is 0.408 e. The van der Waals surface area contributed by atoms with Crippen LogP contribution < -0.4 is 16.3 Å². The number of carbonyl (C=O) groups excluding carboxylic acids is 2. The summed E-state index contributed by atoms with van der Waals surface area (Å²) < 4.78 is 11.1. The Morgan fingerprint density at radius 2 is 1.78 bits per heavy atom. The van der Waals surface area contributed by atoms with Crippen molar-refractivity contribution in [1.29, 1.82) is 0 Å². The van der Waals surface area contributed by atoms with Gasteiger partial charge in [0.15, 0.2) is 0 Å². The molecule has 1 heterocycles. The third kappa shape index (κ3) is 7.99. The molecule has 1 fully saturated rings. The van der Waals surface area contributed by atoms with Crippen molar-refractivity contribution in [3.05, 3.63) is 93.5 Å². The summed E-state index contributed by atoms with van der Waals surface area (Å²) in [5.74, 6) is -0.233. The molecule has 4 rings (SSSR count). The molecule has 8 heteroatoms. The van der Waals surface area contributed by atoms with Gasteiger partial charge < -0.3 is 24.9 Å². The zero-order valence-electron chi connectivity index (χ0n) is 24.4. The van der Waals surface area contributed by atoms with Gasteiger partial charge in [-0.05, 0) is 82.6 Å². The number of amides is 2. The van der Waals surface area contributed by atoms with Crippen LogP contribution in [-0.2, 0) is 16.0 Å². The molecule has 2 unspecified atom stereocenters. The molecule has 2 aromatic carbocycles. The van der Waals surface area contributed by atoms with E-state index in [0.29, 0.717) is 17.9 Å². The van der Waals surface area contributed by atoms with Crippen molar-refractivity contribution >= 4 is 17.7 Å². The van der Waals surface area contributed by atoms with Crippen LogP contribution in [-0.4, -0.2) is 28.7 Å². The van der Waals surface area contributed by atoms with Gasteiger partial charge in [0.05, 0.1) is 5.56 Å². The molecule has 41 heavy (non-hydrogen) atoms. The fraction of sp³-hybridized carbons (Fsp3) is 0.424. The van der Waals surface area contributed by atoms with Crippen molar-refractivity contribution in [2.24, 2.45) is 5.92 Å². The van der Waals surface area contributed by atoms with E-state index in [4.69, 9.17) is 9.15 Å². The molecule has 0 saturated heterocycles. The Kier molecular flexibility index (Phi) is 9.21. The van der Waals surface area contributed by atoms with Crippen LogP contribution >= 0.6 is 0 Å². The van der Waals surface area contributed by atoms with E-state index in [1.807, 2.05) is 43.3 Å². The summed E-state index contributed by atoms with van der Waals surface area (Å²) in [6.07, 6.45) is 2.62. The monoisotopic (exact) mass is 560 g/mol. The Hall–Kier alpha value is -4.07. The molecule has 0 spiro atoms. The minimum Gasteiger partial charge on any atom is -0.507 e. The van der Waals surface area contributed by atoms with Gasteiger partial charge in [-0.15, -0.1) is 0 Å². The number of rotatable bonds is 10. The average molecular weight is 561 g/mol. The van der Waals surface area contributed by atoms with Crippen LogP contribution in [0.1, 0.15) is 88.2 Å². The van der Waals surface area contributed by atoms with Crippen LogP contribution in [0.4, 0.5) is 10.5 Å². The van der Waals surface area contributed by atoms with Crippen molar-refractivity contribution < 1.29 is 23.8 Å². The van der Waals surface area contributed by atoms with Gasteiger partial charge in [-0.25, -0.2) is 9.59 Å². The molecule has 1 saturated carbocycles. The van der Waals surface area contributed by atoms with Gasteiger partial charge in [0.2, 0.25) is 5.91 Å². The molecule has 1 aliphatic rings. The Balaban J connectivity index is 1.54. The van der Waals surface area contributed by atoms with Crippen LogP contribution in [0.25, 0.3) is 0 Å². The number of alkyl carbamates (subject to hydrolysis) is 1. The summed E-state index contributed by atoms with van der Waals surface area (Å²) >= 11 is 0. The quantitative estimate of drug-likeness (QED) is 0.261. The van der Waals surface area contributed by atoms with E-state index in [2.05, 4.69) is 10.6 Å². The number of aromatic hydroxyl groups is 1. The summed E-state index contributed by atoms with van der Waals surface area (Å²) in [6, 6.07) is 18.0. The maximum absolute atomic E-state index is 13.4. The predicted octanol–water partition coefficient (Wildman–Crippen LogP) is 6.48. The van der Waals surface area contributed by atoms with Gasteiger partial charge in [0, 0.05) is 23.6 Å². The smallest absolute Gasteiger partial charge is 0.408 e. The molecule has 0 aliphatic heterocycles. The van der Waals surface area contributed by atoms with E-state index in [1.165, 1.54) is 0 Å². The lowest BCUT2D eigenvalue weighted by atomic mass is 9.86. The molecule has 3 atom stereocenters. The lowest BCUT2D eigenvalue weighted by Crippen LogP contribution is -2.43. The first-order valence-electron chi connectivity index (χ1n) is 14.3. The number of benzene rings is 2. The van der Waals surface area contributed by atoms with Crippen molar-refractivity contribution in [2.75, 3.05) is 5.32 Å². The van der Waals surface area contributed by atoms with E-state index in [9.17, 15) is 19.5 Å². The molecule has 218 valence electrons. The molecule has 0 bridgehead atoms. The van der Waals surface area contributed by atoms with Crippen molar-refractivity contribution in [1.82, 2.24) is 5.32 Å². The summed E-state index contributed by atoms with van der Waals surface area (Å²) in [6.45, 7) is 8.85. The highest BCUT2D eigenvalue weighted by Crippen LogP contribution is 2.48. The van der Waals surface area contributed by atoms with Crippen LogP contribution in [0.15, 0.2) is 69.9 Å². The Morgan fingerprint density at radius 3 is 2.39 bits per heavy atom. The van der Waals surface area contributed by atoms with Crippen molar-refractivity contribution in [3.63, 3.8) is 0 Å². The molecular weight excluding hydrogens is 520 g/mol. The van der Waals surface area contributed by atoms with Crippen molar-refractivity contribution in [3.8, 4) is 5.75 Å². The summed E-state index contributed by atoms with van der Waals surface area (Å²) in [5, 5.41) is 16.5. The van der Waals surface area contributed by atoms with E-state index in [0.717, 1.165) is 30.4 Å². The third-order valence-electron chi connectivity index (χ3n) is 7.25. The third-order valence-corrected chi connectivity index (χ3v) is 7.25. The van der Waals surface area contributed by atoms with Gasteiger partial charge in [0.1, 0.15) is 23.2 Å². The number of nitrogens with one attached hydrogen (secondary N) is 2. The molecule has 3 N–H and O–H groups in total. The topological polar surface area (TPSA) is 118 Å². The van der Waals surface area contributed by atoms with Gasteiger partial charge >= 0.3 is 11.7 Å². The van der Waals surface area contributed by atoms with Crippen LogP contribution in [0, 0.1) is 5.92 Å². The second-order valence-corrected chi connectivity index (χ2v) is 11.8. The van der Waals surface area contributed by atoms with E-state index in [1.54, 1.807) is 52.0 Å². The zero-order chi connectivity index (χ0) is 29.7. The standard InChI is InChI=1S/C33H40N2O6/c1-6-22(17-21-11-8-7-9-12-21)27-19-26(36)29(31(38)40-27)28(23-15-16-23)24-13-10-14-25(18-24)35-30(37)20(2)34-32(39)41-33(3,4)5/h7-14,18-20,22-23,28,36H,6,15-17H2,1-5H3,(H,34,39)(H,35,37)/t20-,22?,28?/m0/s1. The summed E-state index contributed by atoms with van der Waals surface area (Å²) in [4.78, 5) is 38.3. The first-order chi connectivity index (χ1) is 19.4. The minimum absolute atomic E-state index is 0.0424. The number of carbonyl (C=O) groups is 2. The first-order valence-corrected chi connectivity index (χ1v) is 14.3. The highest BCUT2D eigenvalue weighted by Gasteiger charge is 2.38. The summed E-state index contributed by atoms with van der Waals surface area (Å²) in [5.41, 5.74) is 1.48. The molecular formula is C33H40N2O6. The maximum atomic E-state index is 13.4. The number of hydrogen-bond acceptors (Lipinski definition) is 6. The van der Waals surface area contributed by atoms with E-state index < -0.39 is 29.3 Å². The molecule has 2 amide bonds. The predicted molar refractivity (Wildman–Crippen MR) is 158 cm³/mol. The first kappa shape index (κ1) is 29.9. The lowest BCUT2D eigenvalue weighted by molar-refractivity contribution is -0.117. The average Bonchev–Trinajstić information content (AvgIpc) is 3.74. The fourth-order valence-electron chi connectivity index (χ4n) is 5.06. The SMILES string of the molecule is CCC(Cc1ccccc1)c1cc(O)c(C(c2cccc(NC(=O)[C@H](C)NC(=O)OC(C)(C)C)c2)C2CC2)c(=O)o1. The molecule has 1 aromatic heterocycles. The van der Waals surface area contributed by atoms with Crippen molar-refractivity contribution in [2.45, 2.75) is 83.8 Å².